The van der Waals surface area contributed by atoms with E-state index in [-0.39, 0.29) is 19.1 Å². The number of aliphatic hydroxyl groups is 1. The standard InChI is InChI=1S/C31H32FN3O4/c1-3-21-9-10-27(26-5-4-6-29(35-26)31(37)11-13-38-14-12-31)34-28(21)15-20(2)17-33-30(36)22-7-8-23-18-39-19-25(32)24(23)16-22/h3-10,15-16,25,37H,2,11-14,17-19H2,1H3,(H,33,36)/b21-3-,28-15+. The Kier molecular flexibility index (Phi) is 7.97. The summed E-state index contributed by atoms with van der Waals surface area (Å²) in [5, 5.41) is 15.6. The van der Waals surface area contributed by atoms with E-state index in [0.29, 0.717) is 71.8 Å². The molecule has 1 aromatic carbocycles. The van der Waals surface area contributed by atoms with E-state index in [1.807, 2.05) is 49.4 Å². The maximum Gasteiger partial charge on any atom is 0.251 e. The number of rotatable bonds is 6. The molecule has 2 N–H and O–H groups in total. The average molecular weight is 530 g/mol. The second kappa shape index (κ2) is 11.6. The van der Waals surface area contributed by atoms with E-state index >= 15 is 0 Å². The third-order valence-corrected chi connectivity index (χ3v) is 7.16. The van der Waals surface area contributed by atoms with Crippen LogP contribution in [0.25, 0.3) is 23.5 Å². The maximum atomic E-state index is 14.2. The minimum atomic E-state index is -1.23. The molecule has 0 saturated carbocycles. The van der Waals surface area contributed by atoms with Crippen LogP contribution in [-0.4, -0.2) is 47.3 Å². The Morgan fingerprint density at radius 1 is 1.15 bits per heavy atom. The number of carbonyl (C=O) groups excluding carboxylic acids is 1. The fourth-order valence-electron chi connectivity index (χ4n) is 4.85. The number of alkyl halides is 1. The highest BCUT2D eigenvalue weighted by Gasteiger charge is 2.33. The first-order valence-corrected chi connectivity index (χ1v) is 13.1. The normalized spacial score (nSPS) is 19.4. The lowest BCUT2D eigenvalue weighted by Crippen LogP contribution is -2.34. The highest BCUT2D eigenvalue weighted by Crippen LogP contribution is 2.31. The molecule has 202 valence electrons. The molecule has 1 fully saturated rings. The minimum absolute atomic E-state index is 0.00231. The lowest BCUT2D eigenvalue weighted by molar-refractivity contribution is -0.0704. The smallest absolute Gasteiger partial charge is 0.251 e. The third kappa shape index (κ3) is 5.98. The van der Waals surface area contributed by atoms with Gasteiger partial charge in [-0.3, -0.25) is 4.79 Å². The van der Waals surface area contributed by atoms with Crippen LogP contribution < -0.4 is 15.9 Å². The van der Waals surface area contributed by atoms with E-state index in [1.165, 1.54) is 0 Å². The summed E-state index contributed by atoms with van der Waals surface area (Å²) in [6.07, 6.45) is 3.55. The first kappa shape index (κ1) is 26.9. The summed E-state index contributed by atoms with van der Waals surface area (Å²) in [5.41, 5.74) is 3.25. The number of ether oxygens (including phenoxy) is 2. The van der Waals surface area contributed by atoms with Crippen molar-refractivity contribution in [2.45, 2.75) is 38.1 Å². The van der Waals surface area contributed by atoms with Crippen molar-refractivity contribution in [1.29, 1.82) is 0 Å². The molecule has 5 rings (SSSR count). The van der Waals surface area contributed by atoms with E-state index in [0.717, 1.165) is 10.8 Å². The Hall–Kier alpha value is -3.72. The first-order chi connectivity index (χ1) is 18.9. The van der Waals surface area contributed by atoms with Gasteiger partial charge in [-0.1, -0.05) is 30.9 Å². The molecule has 1 atom stereocenters. The van der Waals surface area contributed by atoms with Gasteiger partial charge in [-0.05, 0) is 65.3 Å². The van der Waals surface area contributed by atoms with Crippen LogP contribution in [-0.2, 0) is 21.7 Å². The Bertz CT molecular complexity index is 1510. The number of hydrogen-bond donors (Lipinski definition) is 2. The highest BCUT2D eigenvalue weighted by atomic mass is 19.1. The van der Waals surface area contributed by atoms with Crippen molar-refractivity contribution in [1.82, 2.24) is 15.3 Å². The zero-order chi connectivity index (χ0) is 27.4. The van der Waals surface area contributed by atoms with Gasteiger partial charge in [0.15, 0.2) is 0 Å². The number of fused-ring (bicyclic) bond motifs is 1. The van der Waals surface area contributed by atoms with Crippen LogP contribution in [0.1, 0.15) is 53.1 Å². The molecule has 4 heterocycles. The molecule has 0 aliphatic carbocycles. The van der Waals surface area contributed by atoms with Crippen molar-refractivity contribution >= 4 is 18.1 Å². The van der Waals surface area contributed by atoms with Gasteiger partial charge in [-0.25, -0.2) is 14.4 Å². The average Bonchev–Trinajstić information content (AvgIpc) is 2.96. The molecule has 8 heteroatoms. The minimum Gasteiger partial charge on any atom is -0.383 e. The second-order valence-electron chi connectivity index (χ2n) is 9.89. The zero-order valence-corrected chi connectivity index (χ0v) is 22.0. The molecule has 7 nitrogen and oxygen atoms in total. The van der Waals surface area contributed by atoms with Crippen molar-refractivity contribution in [3.05, 3.63) is 93.6 Å². The highest BCUT2D eigenvalue weighted by molar-refractivity contribution is 5.94. The molecule has 3 aromatic rings. The first-order valence-electron chi connectivity index (χ1n) is 13.1. The molecule has 2 aromatic heterocycles. The molecule has 0 bridgehead atoms. The summed E-state index contributed by atoms with van der Waals surface area (Å²) in [6.45, 7) is 7.58. The van der Waals surface area contributed by atoms with E-state index in [9.17, 15) is 14.3 Å². The second-order valence-corrected chi connectivity index (χ2v) is 9.89. The van der Waals surface area contributed by atoms with Crippen LogP contribution in [0.3, 0.4) is 0 Å². The van der Waals surface area contributed by atoms with Gasteiger partial charge in [0.2, 0.25) is 0 Å². The number of nitrogens with zero attached hydrogens (tertiary/aromatic N) is 2. The van der Waals surface area contributed by atoms with Crippen molar-refractivity contribution in [3.63, 3.8) is 0 Å². The number of hydrogen-bond acceptors (Lipinski definition) is 6. The monoisotopic (exact) mass is 529 g/mol. The number of carbonyl (C=O) groups is 1. The number of benzene rings is 1. The molecule has 1 unspecified atom stereocenters. The summed E-state index contributed by atoms with van der Waals surface area (Å²) in [4.78, 5) is 22.3. The Labute approximate surface area is 226 Å². The van der Waals surface area contributed by atoms with E-state index in [2.05, 4.69) is 11.9 Å². The summed E-state index contributed by atoms with van der Waals surface area (Å²) < 4.78 is 24.9. The van der Waals surface area contributed by atoms with Crippen molar-refractivity contribution in [2.24, 2.45) is 0 Å². The predicted octanol–water partition coefficient (Wildman–Crippen LogP) is 3.25. The van der Waals surface area contributed by atoms with Crippen molar-refractivity contribution < 1.29 is 23.8 Å². The molecular formula is C31H32FN3O4. The van der Waals surface area contributed by atoms with Gasteiger partial charge >= 0.3 is 0 Å². The molecule has 2 aliphatic rings. The third-order valence-electron chi connectivity index (χ3n) is 7.16. The quantitative estimate of drug-likeness (QED) is 0.509. The Morgan fingerprint density at radius 3 is 2.74 bits per heavy atom. The van der Waals surface area contributed by atoms with Crippen molar-refractivity contribution in [3.8, 4) is 11.4 Å². The number of aromatic nitrogens is 2. The number of amides is 1. The number of pyridine rings is 2. The van der Waals surface area contributed by atoms with Gasteiger partial charge in [0.1, 0.15) is 11.8 Å². The van der Waals surface area contributed by atoms with Gasteiger partial charge in [0.25, 0.3) is 5.91 Å². The molecular weight excluding hydrogens is 497 g/mol. The fraction of sp³-hybridized carbons (Fsp3) is 0.323. The van der Waals surface area contributed by atoms with Crippen LogP contribution in [0.4, 0.5) is 4.39 Å². The zero-order valence-electron chi connectivity index (χ0n) is 22.0. The van der Waals surface area contributed by atoms with Crippen LogP contribution in [0.5, 0.6) is 0 Å². The number of nitrogens with one attached hydrogen (secondary N) is 1. The Balaban J connectivity index is 1.34. The summed E-state index contributed by atoms with van der Waals surface area (Å²) >= 11 is 0. The molecule has 0 radical (unpaired) electrons. The number of halogens is 1. The Morgan fingerprint density at radius 2 is 1.95 bits per heavy atom. The van der Waals surface area contributed by atoms with Gasteiger partial charge in [0.05, 0.1) is 35.6 Å². The van der Waals surface area contributed by atoms with Gasteiger partial charge in [-0.15, -0.1) is 0 Å². The van der Waals surface area contributed by atoms with E-state index in [1.54, 1.807) is 18.2 Å². The molecule has 39 heavy (non-hydrogen) atoms. The van der Waals surface area contributed by atoms with E-state index < -0.39 is 11.8 Å². The lowest BCUT2D eigenvalue weighted by atomic mass is 9.90. The molecule has 1 amide bonds. The fourth-order valence-corrected chi connectivity index (χ4v) is 4.85. The predicted molar refractivity (Wildman–Crippen MR) is 147 cm³/mol. The van der Waals surface area contributed by atoms with Gasteiger partial charge < -0.3 is 19.9 Å². The lowest BCUT2D eigenvalue weighted by Gasteiger charge is -2.31. The summed E-state index contributed by atoms with van der Waals surface area (Å²) in [7, 11) is 0. The maximum absolute atomic E-state index is 14.2. The largest absolute Gasteiger partial charge is 0.383 e. The SMILES string of the molecule is C=C(/C=c1/nc(-c2cccc(C3(O)CCOCC3)n2)cc/c1=C/C)CNC(=O)c1ccc2c(c1)C(F)COC2. The summed E-state index contributed by atoms with van der Waals surface area (Å²) in [5.74, 6) is -0.304. The van der Waals surface area contributed by atoms with Crippen LogP contribution in [0.15, 0.2) is 60.7 Å². The van der Waals surface area contributed by atoms with Crippen molar-refractivity contribution in [2.75, 3.05) is 26.4 Å². The van der Waals surface area contributed by atoms with Crippen LogP contribution in [0, 0.1) is 0 Å². The van der Waals surface area contributed by atoms with Gasteiger partial charge in [0, 0.05) is 38.2 Å². The molecule has 1 saturated heterocycles. The summed E-state index contributed by atoms with van der Waals surface area (Å²) in [6, 6.07) is 14.5. The topological polar surface area (TPSA) is 93.6 Å². The van der Waals surface area contributed by atoms with Crippen LogP contribution in [0.2, 0.25) is 0 Å². The van der Waals surface area contributed by atoms with Crippen LogP contribution >= 0.6 is 0 Å². The molecule has 2 aliphatic heterocycles. The van der Waals surface area contributed by atoms with Gasteiger partial charge in [-0.2, -0.15) is 0 Å². The van der Waals surface area contributed by atoms with E-state index in [4.69, 9.17) is 19.4 Å². The molecule has 0 spiro atoms.